The number of carbonyl (C=O) groups is 3. The number of benzene rings is 2. The van der Waals surface area contributed by atoms with Crippen LogP contribution in [0.1, 0.15) is 78.2 Å². The first-order valence-electron chi connectivity index (χ1n) is 11.9. The van der Waals surface area contributed by atoms with E-state index in [0.29, 0.717) is 23.6 Å². The fourth-order valence-electron chi connectivity index (χ4n) is 3.00. The Labute approximate surface area is 226 Å². The highest BCUT2D eigenvalue weighted by molar-refractivity contribution is 8.93. The molecular formula is C29H40BrNO5. The first-order chi connectivity index (χ1) is 16.0. The van der Waals surface area contributed by atoms with Gasteiger partial charge in [-0.3, -0.25) is 19.3 Å². The molecule has 0 aliphatic rings. The summed E-state index contributed by atoms with van der Waals surface area (Å²) in [5, 5.41) is 0. The summed E-state index contributed by atoms with van der Waals surface area (Å²) in [6.45, 7) is 17.4. The van der Waals surface area contributed by atoms with Crippen molar-refractivity contribution >= 4 is 34.7 Å². The topological polar surface area (TPSA) is 72.9 Å². The third-order valence-electron chi connectivity index (χ3n) is 5.34. The van der Waals surface area contributed by atoms with Crippen molar-refractivity contribution in [1.82, 2.24) is 4.90 Å². The number of rotatable bonds is 7. The first-order valence-corrected chi connectivity index (χ1v) is 11.9. The number of halogens is 1. The summed E-state index contributed by atoms with van der Waals surface area (Å²) in [6, 6.07) is 14.2. The fourth-order valence-corrected chi connectivity index (χ4v) is 3.00. The van der Waals surface area contributed by atoms with E-state index in [-0.39, 0.29) is 34.8 Å². The van der Waals surface area contributed by atoms with Crippen molar-refractivity contribution < 1.29 is 23.9 Å². The van der Waals surface area contributed by atoms with Gasteiger partial charge >= 0.3 is 11.9 Å². The first kappa shape index (κ1) is 31.5. The van der Waals surface area contributed by atoms with Crippen LogP contribution in [0.25, 0.3) is 0 Å². The molecule has 0 heterocycles. The molecule has 2 aromatic rings. The number of nitrogens with zero attached hydrogens (tertiary/aromatic N) is 1. The van der Waals surface area contributed by atoms with Gasteiger partial charge < -0.3 is 9.47 Å². The minimum atomic E-state index is -0.697. The van der Waals surface area contributed by atoms with E-state index in [0.717, 1.165) is 5.56 Å². The predicted molar refractivity (Wildman–Crippen MR) is 148 cm³/mol. The van der Waals surface area contributed by atoms with Crippen molar-refractivity contribution in [2.24, 2.45) is 10.8 Å². The maximum Gasteiger partial charge on any atom is 0.316 e. The standard InChI is InChI=1S/C29H39NO5.BrH/c1-27(2,3)25(32)34-22-15-20(16-23(17-22)35-26(33)28(4,5)6)18-30(29(7,8)9)19-24(31)21-13-11-10-12-14-21;/h10-17H,18-19H2,1-9H3;1H. The molecule has 0 radical (unpaired) electrons. The molecule has 0 unspecified atom stereocenters. The maximum atomic E-state index is 13.0. The summed E-state index contributed by atoms with van der Waals surface area (Å²) < 4.78 is 11.3. The number of Topliss-reactive ketones (excluding diaryl/α,β-unsaturated/α-hetero) is 1. The van der Waals surface area contributed by atoms with Crippen molar-refractivity contribution in [2.75, 3.05) is 6.54 Å². The van der Waals surface area contributed by atoms with Crippen LogP contribution in [0, 0.1) is 10.8 Å². The monoisotopic (exact) mass is 561 g/mol. The van der Waals surface area contributed by atoms with E-state index < -0.39 is 22.8 Å². The normalized spacial score (nSPS) is 12.1. The lowest BCUT2D eigenvalue weighted by Crippen LogP contribution is -2.43. The second-order valence-electron chi connectivity index (χ2n) is 11.9. The SMILES string of the molecule is Br.CC(C)(C)C(=O)Oc1cc(CN(CC(=O)c2ccccc2)C(C)(C)C)cc(OC(=O)C(C)(C)C)c1. The van der Waals surface area contributed by atoms with E-state index in [1.54, 1.807) is 71.9 Å². The fraction of sp³-hybridized carbons (Fsp3) is 0.483. The van der Waals surface area contributed by atoms with Crippen LogP contribution in [-0.4, -0.2) is 34.7 Å². The molecule has 0 bridgehead atoms. The van der Waals surface area contributed by atoms with Gasteiger partial charge in [0.05, 0.1) is 17.4 Å². The Kier molecular flexibility index (Phi) is 10.6. The van der Waals surface area contributed by atoms with Crippen molar-refractivity contribution in [3.8, 4) is 11.5 Å². The van der Waals surface area contributed by atoms with Crippen LogP contribution in [0.5, 0.6) is 11.5 Å². The van der Waals surface area contributed by atoms with Crippen LogP contribution in [-0.2, 0) is 16.1 Å². The van der Waals surface area contributed by atoms with Gasteiger partial charge in [0, 0.05) is 23.7 Å². The smallest absolute Gasteiger partial charge is 0.316 e. The molecule has 198 valence electrons. The Bertz CT molecular complexity index is 1010. The van der Waals surface area contributed by atoms with Gasteiger partial charge in [-0.15, -0.1) is 17.0 Å². The molecule has 0 aliphatic heterocycles. The lowest BCUT2D eigenvalue weighted by Gasteiger charge is -2.35. The molecule has 0 aromatic heterocycles. The van der Waals surface area contributed by atoms with E-state index in [1.165, 1.54) is 0 Å². The number of esters is 2. The Hall–Kier alpha value is -2.51. The number of hydrogen-bond acceptors (Lipinski definition) is 6. The van der Waals surface area contributed by atoms with E-state index in [2.05, 4.69) is 0 Å². The van der Waals surface area contributed by atoms with Crippen molar-refractivity contribution in [1.29, 1.82) is 0 Å². The molecule has 6 nitrogen and oxygen atoms in total. The molecular weight excluding hydrogens is 522 g/mol. The second kappa shape index (κ2) is 12.2. The summed E-state index contributed by atoms with van der Waals surface area (Å²) in [5.74, 6) is -0.190. The number of carbonyl (C=O) groups excluding carboxylic acids is 3. The molecule has 36 heavy (non-hydrogen) atoms. The van der Waals surface area contributed by atoms with Gasteiger partial charge in [0.15, 0.2) is 5.78 Å². The summed E-state index contributed by atoms with van der Waals surface area (Å²) in [6.07, 6.45) is 0. The number of ether oxygens (including phenoxy) is 2. The molecule has 0 aliphatic carbocycles. The molecule has 0 spiro atoms. The number of hydrogen-bond donors (Lipinski definition) is 0. The van der Waals surface area contributed by atoms with Crippen LogP contribution in [0.15, 0.2) is 48.5 Å². The highest BCUT2D eigenvalue weighted by Crippen LogP contribution is 2.29. The van der Waals surface area contributed by atoms with E-state index in [1.807, 2.05) is 43.9 Å². The summed E-state index contributed by atoms with van der Waals surface area (Å²) in [5.41, 5.74) is -0.313. The molecule has 7 heteroatoms. The average Bonchev–Trinajstić information content (AvgIpc) is 2.71. The van der Waals surface area contributed by atoms with Gasteiger partial charge in [-0.2, -0.15) is 0 Å². The summed E-state index contributed by atoms with van der Waals surface area (Å²) >= 11 is 0. The van der Waals surface area contributed by atoms with Crippen molar-refractivity contribution in [3.05, 3.63) is 59.7 Å². The zero-order chi connectivity index (χ0) is 26.6. The average molecular weight is 563 g/mol. The van der Waals surface area contributed by atoms with Crippen LogP contribution in [0.2, 0.25) is 0 Å². The molecule has 2 rings (SSSR count). The molecule has 0 saturated heterocycles. The zero-order valence-corrected chi connectivity index (χ0v) is 24.6. The van der Waals surface area contributed by atoms with Gasteiger partial charge in [0.25, 0.3) is 0 Å². The minimum Gasteiger partial charge on any atom is -0.426 e. The summed E-state index contributed by atoms with van der Waals surface area (Å²) in [7, 11) is 0. The van der Waals surface area contributed by atoms with E-state index >= 15 is 0 Å². The van der Waals surface area contributed by atoms with E-state index in [4.69, 9.17) is 9.47 Å². The third-order valence-corrected chi connectivity index (χ3v) is 5.34. The van der Waals surface area contributed by atoms with Gasteiger partial charge in [0.2, 0.25) is 0 Å². The lowest BCUT2D eigenvalue weighted by atomic mass is 9.97. The predicted octanol–water partition coefficient (Wildman–Crippen LogP) is 6.65. The Balaban J connectivity index is 0.00000648. The van der Waals surface area contributed by atoms with Crippen molar-refractivity contribution in [2.45, 2.75) is 74.4 Å². The molecule has 0 fully saturated rings. The quantitative estimate of drug-likeness (QED) is 0.214. The van der Waals surface area contributed by atoms with Gasteiger partial charge in [-0.1, -0.05) is 30.3 Å². The second-order valence-corrected chi connectivity index (χ2v) is 11.9. The van der Waals surface area contributed by atoms with Crippen LogP contribution in [0.3, 0.4) is 0 Å². The van der Waals surface area contributed by atoms with E-state index in [9.17, 15) is 14.4 Å². The Morgan fingerprint density at radius 2 is 1.17 bits per heavy atom. The highest BCUT2D eigenvalue weighted by atomic mass is 79.9. The highest BCUT2D eigenvalue weighted by Gasteiger charge is 2.28. The van der Waals surface area contributed by atoms with Crippen LogP contribution in [0.4, 0.5) is 0 Å². The third kappa shape index (κ3) is 9.51. The minimum absolute atomic E-state index is 0. The lowest BCUT2D eigenvalue weighted by molar-refractivity contribution is -0.143. The Morgan fingerprint density at radius 1 is 0.722 bits per heavy atom. The molecule has 0 saturated carbocycles. The van der Waals surface area contributed by atoms with Gasteiger partial charge in [0.1, 0.15) is 11.5 Å². The molecule has 2 aromatic carbocycles. The van der Waals surface area contributed by atoms with Gasteiger partial charge in [-0.05, 0) is 80.0 Å². The van der Waals surface area contributed by atoms with Crippen LogP contribution >= 0.6 is 17.0 Å². The van der Waals surface area contributed by atoms with Crippen LogP contribution < -0.4 is 9.47 Å². The summed E-state index contributed by atoms with van der Waals surface area (Å²) in [4.78, 5) is 40.1. The Morgan fingerprint density at radius 3 is 1.56 bits per heavy atom. The molecule has 0 amide bonds. The van der Waals surface area contributed by atoms with Gasteiger partial charge in [-0.25, -0.2) is 0 Å². The maximum absolute atomic E-state index is 13.0. The molecule has 0 N–H and O–H groups in total. The van der Waals surface area contributed by atoms with Crippen molar-refractivity contribution in [3.63, 3.8) is 0 Å². The zero-order valence-electron chi connectivity index (χ0n) is 22.9. The molecule has 0 atom stereocenters. The largest absolute Gasteiger partial charge is 0.426 e. The number of ketones is 1.